The largest absolute Gasteiger partial charge is 0.489 e. The van der Waals surface area contributed by atoms with E-state index in [-0.39, 0.29) is 0 Å². The van der Waals surface area contributed by atoms with Crippen molar-refractivity contribution in [3.05, 3.63) is 38.8 Å². The van der Waals surface area contributed by atoms with E-state index >= 15 is 0 Å². The fourth-order valence-corrected chi connectivity index (χ4v) is 3.67. The number of aryl methyl sites for hydroxylation is 1. The molecule has 26 heavy (non-hydrogen) atoms. The highest BCUT2D eigenvalue weighted by atomic mass is 35.5. The lowest BCUT2D eigenvalue weighted by Gasteiger charge is -2.14. The van der Waals surface area contributed by atoms with Gasteiger partial charge in [0.25, 0.3) is 0 Å². The van der Waals surface area contributed by atoms with Crippen LogP contribution in [0.15, 0.2) is 23.3 Å². The molecule has 2 heterocycles. The summed E-state index contributed by atoms with van der Waals surface area (Å²) in [6.07, 6.45) is 3.63. The number of ether oxygens (including phenoxy) is 2. The van der Waals surface area contributed by atoms with Crippen LogP contribution in [0.4, 0.5) is 0 Å². The Balaban J connectivity index is 1.53. The van der Waals surface area contributed by atoms with Crippen molar-refractivity contribution in [3.63, 3.8) is 0 Å². The first-order chi connectivity index (χ1) is 12.7. The van der Waals surface area contributed by atoms with Crippen molar-refractivity contribution in [1.82, 2.24) is 15.6 Å². The summed E-state index contributed by atoms with van der Waals surface area (Å²) in [6.45, 7) is 4.69. The van der Waals surface area contributed by atoms with Crippen LogP contribution in [0.25, 0.3) is 0 Å². The summed E-state index contributed by atoms with van der Waals surface area (Å²) in [5.41, 5.74) is 1.01. The topological polar surface area (TPSA) is 67.8 Å². The summed E-state index contributed by atoms with van der Waals surface area (Å²) in [7, 11) is 1.75. The molecular formula is C18H23ClN4O2S. The van der Waals surface area contributed by atoms with Gasteiger partial charge in [-0.05, 0) is 24.6 Å². The lowest BCUT2D eigenvalue weighted by atomic mass is 10.2. The van der Waals surface area contributed by atoms with E-state index in [0.29, 0.717) is 36.3 Å². The number of guanidine groups is 1. The smallest absolute Gasteiger partial charge is 0.191 e. The Morgan fingerprint density at radius 3 is 2.92 bits per heavy atom. The Morgan fingerprint density at radius 2 is 2.15 bits per heavy atom. The first-order valence-corrected chi connectivity index (χ1v) is 9.79. The molecule has 8 heteroatoms. The number of nitrogens with one attached hydrogen (secondary N) is 2. The second-order valence-electron chi connectivity index (χ2n) is 5.92. The molecule has 2 aromatic rings. The van der Waals surface area contributed by atoms with Gasteiger partial charge in [0.15, 0.2) is 17.5 Å². The first kappa shape index (κ1) is 18.8. The van der Waals surface area contributed by atoms with Crippen molar-refractivity contribution in [2.24, 2.45) is 4.99 Å². The van der Waals surface area contributed by atoms with Crippen molar-refractivity contribution in [2.45, 2.75) is 26.3 Å². The summed E-state index contributed by atoms with van der Waals surface area (Å²) in [5, 5.41) is 8.29. The van der Waals surface area contributed by atoms with Crippen molar-refractivity contribution < 1.29 is 9.47 Å². The van der Waals surface area contributed by atoms with E-state index in [1.807, 2.05) is 18.3 Å². The van der Waals surface area contributed by atoms with Gasteiger partial charge in [-0.2, -0.15) is 0 Å². The Morgan fingerprint density at radius 1 is 1.31 bits per heavy atom. The molecule has 0 radical (unpaired) electrons. The van der Waals surface area contributed by atoms with Crippen LogP contribution in [0.3, 0.4) is 0 Å². The number of fused-ring (bicyclic) bond motifs is 1. The van der Waals surface area contributed by atoms with Crippen LogP contribution >= 0.6 is 22.9 Å². The molecule has 0 unspecified atom stereocenters. The fraction of sp³-hybridized carbons (Fsp3) is 0.444. The molecule has 1 aromatic heterocycles. The average molecular weight is 395 g/mol. The maximum atomic E-state index is 6.34. The minimum atomic E-state index is 0.572. The first-order valence-electron chi connectivity index (χ1n) is 8.59. The second-order valence-corrected chi connectivity index (χ2v) is 7.65. The maximum Gasteiger partial charge on any atom is 0.191 e. The van der Waals surface area contributed by atoms with Gasteiger partial charge in [-0.25, -0.2) is 4.98 Å². The molecule has 1 aliphatic rings. The van der Waals surface area contributed by atoms with Crippen LogP contribution in [0.1, 0.15) is 21.9 Å². The third-order valence-corrected chi connectivity index (χ3v) is 5.10. The number of thiazole rings is 1. The minimum absolute atomic E-state index is 0.572. The zero-order valence-electron chi connectivity index (χ0n) is 15.0. The van der Waals surface area contributed by atoms with E-state index < -0.39 is 0 Å². The number of nitrogens with zero attached hydrogens (tertiary/aromatic N) is 2. The number of aromatic nitrogens is 1. The zero-order valence-corrected chi connectivity index (χ0v) is 16.5. The number of hydrogen-bond acceptors (Lipinski definition) is 5. The van der Waals surface area contributed by atoms with E-state index in [1.54, 1.807) is 18.4 Å². The van der Waals surface area contributed by atoms with Gasteiger partial charge in [-0.3, -0.25) is 4.99 Å². The molecule has 3 rings (SSSR count). The van der Waals surface area contributed by atoms with Crippen LogP contribution in [0.5, 0.6) is 11.5 Å². The molecule has 0 atom stereocenters. The van der Waals surface area contributed by atoms with E-state index in [2.05, 4.69) is 27.5 Å². The number of aliphatic imine (C=N–C) groups is 1. The van der Waals surface area contributed by atoms with Gasteiger partial charge >= 0.3 is 0 Å². The van der Waals surface area contributed by atoms with Gasteiger partial charge in [0.1, 0.15) is 0 Å². The summed E-state index contributed by atoms with van der Waals surface area (Å²) in [5.74, 6) is 2.07. The zero-order chi connectivity index (χ0) is 18.4. The Hall–Kier alpha value is -1.99. The molecule has 0 aliphatic carbocycles. The number of rotatable bonds is 5. The predicted molar refractivity (Wildman–Crippen MR) is 106 cm³/mol. The molecule has 0 spiro atoms. The summed E-state index contributed by atoms with van der Waals surface area (Å²) in [4.78, 5) is 9.85. The molecule has 2 N–H and O–H groups in total. The van der Waals surface area contributed by atoms with Crippen LogP contribution in [0.2, 0.25) is 5.02 Å². The molecule has 0 saturated carbocycles. The third kappa shape index (κ3) is 5.02. The molecule has 0 saturated heterocycles. The van der Waals surface area contributed by atoms with Gasteiger partial charge < -0.3 is 20.1 Å². The normalized spacial score (nSPS) is 14.0. The maximum absolute atomic E-state index is 6.34. The van der Waals surface area contributed by atoms with Crippen LogP contribution in [-0.4, -0.2) is 37.7 Å². The Kier molecular flexibility index (Phi) is 6.57. The quantitative estimate of drug-likeness (QED) is 0.602. The molecule has 0 bridgehead atoms. The van der Waals surface area contributed by atoms with Crippen LogP contribution in [0, 0.1) is 6.92 Å². The highest BCUT2D eigenvalue weighted by Gasteiger charge is 2.15. The number of hydrogen-bond donors (Lipinski definition) is 2. The highest BCUT2D eigenvalue weighted by Crippen LogP contribution is 2.37. The van der Waals surface area contributed by atoms with Gasteiger partial charge in [-0.1, -0.05) is 11.6 Å². The van der Waals surface area contributed by atoms with Crippen molar-refractivity contribution in [3.8, 4) is 11.5 Å². The highest BCUT2D eigenvalue weighted by molar-refractivity contribution is 7.11. The second kappa shape index (κ2) is 9.09. The standard InChI is InChI=1S/C18H23ClN4O2S/c1-12-10-22-16(26-12)4-5-21-18(20-2)23-11-13-8-14(19)17-15(9-13)24-6-3-7-25-17/h8-10H,3-7,11H2,1-2H3,(H2,20,21,23). The van der Waals surface area contributed by atoms with E-state index in [0.717, 1.165) is 35.9 Å². The van der Waals surface area contributed by atoms with Crippen molar-refractivity contribution >= 4 is 28.9 Å². The van der Waals surface area contributed by atoms with Crippen LogP contribution in [-0.2, 0) is 13.0 Å². The Labute approximate surface area is 162 Å². The van der Waals surface area contributed by atoms with E-state index in [9.17, 15) is 0 Å². The predicted octanol–water partition coefficient (Wildman–Crippen LogP) is 3.17. The van der Waals surface area contributed by atoms with Crippen molar-refractivity contribution in [1.29, 1.82) is 0 Å². The summed E-state index contributed by atoms with van der Waals surface area (Å²) >= 11 is 8.06. The van der Waals surface area contributed by atoms with Crippen molar-refractivity contribution in [2.75, 3.05) is 26.8 Å². The monoisotopic (exact) mass is 394 g/mol. The lowest BCUT2D eigenvalue weighted by Crippen LogP contribution is -2.37. The minimum Gasteiger partial charge on any atom is -0.489 e. The van der Waals surface area contributed by atoms with Gasteiger partial charge in [0.05, 0.1) is 23.2 Å². The number of halogens is 1. The van der Waals surface area contributed by atoms with Crippen LogP contribution < -0.4 is 20.1 Å². The molecular weight excluding hydrogens is 372 g/mol. The third-order valence-electron chi connectivity index (χ3n) is 3.85. The molecule has 140 valence electrons. The van der Waals surface area contributed by atoms with E-state index in [4.69, 9.17) is 21.1 Å². The molecule has 1 aromatic carbocycles. The van der Waals surface area contributed by atoms with Gasteiger partial charge in [0.2, 0.25) is 0 Å². The van der Waals surface area contributed by atoms with Gasteiger partial charge in [0, 0.05) is 44.1 Å². The van der Waals surface area contributed by atoms with Gasteiger partial charge in [-0.15, -0.1) is 11.3 Å². The van der Waals surface area contributed by atoms with E-state index in [1.165, 1.54) is 4.88 Å². The summed E-state index contributed by atoms with van der Waals surface area (Å²) < 4.78 is 11.4. The SMILES string of the molecule is CN=C(NCCc1ncc(C)s1)NCc1cc(Cl)c2c(c1)OCCCO2. The summed E-state index contributed by atoms with van der Waals surface area (Å²) in [6, 6.07) is 3.86. The lowest BCUT2D eigenvalue weighted by molar-refractivity contribution is 0.297. The number of benzene rings is 1. The molecule has 0 fully saturated rings. The molecule has 0 amide bonds. The molecule has 6 nitrogen and oxygen atoms in total. The average Bonchev–Trinajstić information content (AvgIpc) is 2.89. The molecule has 1 aliphatic heterocycles. The fourth-order valence-electron chi connectivity index (χ4n) is 2.60. The Bertz CT molecular complexity index is 779.